The minimum Gasteiger partial charge on any atom is -0.448 e. The van der Waals surface area contributed by atoms with Gasteiger partial charge in [0.15, 0.2) is 0 Å². The molecule has 3 aromatic heterocycles. The van der Waals surface area contributed by atoms with Gasteiger partial charge in [0.25, 0.3) is 5.56 Å². The Balaban J connectivity index is 1.62. The monoisotopic (exact) mass is 309 g/mol. The normalized spacial score (nSPS) is 14.6. The topological polar surface area (TPSA) is 87.9 Å². The fourth-order valence-electron chi connectivity index (χ4n) is 2.78. The van der Waals surface area contributed by atoms with Crippen molar-refractivity contribution in [2.24, 2.45) is 0 Å². The van der Waals surface area contributed by atoms with Crippen molar-refractivity contribution in [3.63, 3.8) is 0 Å². The molecule has 1 aliphatic heterocycles. The Bertz CT molecular complexity index is 858. The van der Waals surface area contributed by atoms with Crippen LogP contribution in [0.15, 0.2) is 46.2 Å². The van der Waals surface area contributed by atoms with Crippen molar-refractivity contribution in [1.82, 2.24) is 24.8 Å². The van der Waals surface area contributed by atoms with Crippen LogP contribution in [0.25, 0.3) is 11.4 Å². The summed E-state index contributed by atoms with van der Waals surface area (Å²) in [4.78, 5) is 30.2. The van der Waals surface area contributed by atoms with Crippen LogP contribution >= 0.6 is 0 Å². The van der Waals surface area contributed by atoms with Crippen LogP contribution < -0.4 is 5.56 Å². The van der Waals surface area contributed by atoms with Crippen LogP contribution in [0.5, 0.6) is 0 Å². The fraction of sp³-hybridized carbons (Fsp3) is 0.250. The summed E-state index contributed by atoms with van der Waals surface area (Å²) < 4.78 is 5.27. The zero-order chi connectivity index (χ0) is 15.6. The van der Waals surface area contributed by atoms with E-state index in [2.05, 4.69) is 24.8 Å². The first-order valence-electron chi connectivity index (χ1n) is 7.43. The predicted octanol–water partition coefficient (Wildman–Crippen LogP) is 1.38. The summed E-state index contributed by atoms with van der Waals surface area (Å²) in [6.07, 6.45) is 7.29. The van der Waals surface area contributed by atoms with Gasteiger partial charge < -0.3 is 9.40 Å². The number of aromatic amines is 1. The third kappa shape index (κ3) is 2.78. The van der Waals surface area contributed by atoms with Crippen LogP contribution in [0, 0.1) is 0 Å². The molecule has 4 rings (SSSR count). The minimum absolute atomic E-state index is 0.0843. The molecule has 1 aliphatic rings. The number of hydrogen-bond acceptors (Lipinski definition) is 6. The molecule has 0 bridgehead atoms. The number of fused-ring (bicyclic) bond motifs is 1. The van der Waals surface area contributed by atoms with Gasteiger partial charge in [0.2, 0.25) is 5.89 Å². The highest BCUT2D eigenvalue weighted by Crippen LogP contribution is 2.19. The highest BCUT2D eigenvalue weighted by atomic mass is 16.3. The summed E-state index contributed by atoms with van der Waals surface area (Å²) >= 11 is 0. The lowest BCUT2D eigenvalue weighted by atomic mass is 10.1. The molecule has 0 atom stereocenters. The van der Waals surface area contributed by atoms with E-state index in [0.29, 0.717) is 24.8 Å². The second-order valence-corrected chi connectivity index (χ2v) is 5.46. The predicted molar refractivity (Wildman–Crippen MR) is 82.4 cm³/mol. The number of pyridine rings is 1. The second-order valence-electron chi connectivity index (χ2n) is 5.46. The van der Waals surface area contributed by atoms with Crippen molar-refractivity contribution < 1.29 is 4.42 Å². The zero-order valence-electron chi connectivity index (χ0n) is 12.4. The number of aromatic nitrogens is 4. The van der Waals surface area contributed by atoms with E-state index in [1.807, 2.05) is 12.1 Å². The zero-order valence-corrected chi connectivity index (χ0v) is 12.4. The van der Waals surface area contributed by atoms with Gasteiger partial charge in [0.1, 0.15) is 12.1 Å². The maximum atomic E-state index is 12.4. The number of hydrogen-bond donors (Lipinski definition) is 1. The summed E-state index contributed by atoms with van der Waals surface area (Å²) in [5, 5.41) is 0. The molecule has 116 valence electrons. The van der Waals surface area contributed by atoms with Gasteiger partial charge in [-0.05, 0) is 12.1 Å². The van der Waals surface area contributed by atoms with Crippen molar-refractivity contribution in [3.05, 3.63) is 64.5 Å². The lowest BCUT2D eigenvalue weighted by Crippen LogP contribution is -2.35. The van der Waals surface area contributed by atoms with E-state index in [4.69, 9.17) is 4.42 Å². The summed E-state index contributed by atoms with van der Waals surface area (Å²) in [7, 11) is 0. The molecule has 0 amide bonds. The maximum Gasteiger partial charge on any atom is 0.255 e. The third-order valence-corrected chi connectivity index (χ3v) is 3.94. The van der Waals surface area contributed by atoms with Gasteiger partial charge in [0, 0.05) is 37.5 Å². The minimum atomic E-state index is -0.0843. The summed E-state index contributed by atoms with van der Waals surface area (Å²) in [5.74, 6) is 1.25. The molecule has 7 heteroatoms. The van der Waals surface area contributed by atoms with E-state index in [1.165, 1.54) is 0 Å². The Morgan fingerprint density at radius 2 is 2.13 bits per heavy atom. The Labute approximate surface area is 132 Å². The largest absolute Gasteiger partial charge is 0.448 e. The van der Waals surface area contributed by atoms with Gasteiger partial charge in [-0.15, -0.1) is 0 Å². The summed E-state index contributed by atoms with van der Waals surface area (Å²) in [6.45, 7) is 1.97. The number of nitrogens with zero attached hydrogens (tertiary/aromatic N) is 4. The van der Waals surface area contributed by atoms with Crippen LogP contribution in [0.2, 0.25) is 0 Å². The molecule has 0 aromatic carbocycles. The van der Waals surface area contributed by atoms with Crippen molar-refractivity contribution in [3.8, 4) is 11.4 Å². The van der Waals surface area contributed by atoms with Crippen molar-refractivity contribution in [2.45, 2.75) is 19.5 Å². The van der Waals surface area contributed by atoms with Gasteiger partial charge in [-0.1, -0.05) is 0 Å². The van der Waals surface area contributed by atoms with Gasteiger partial charge in [-0.2, -0.15) is 0 Å². The van der Waals surface area contributed by atoms with Crippen LogP contribution in [0.1, 0.15) is 17.1 Å². The SMILES string of the molecule is O=c1[nH]c(-c2ccncc2)nc2c1CN(Cc1ncco1)CC2. The number of nitrogens with one attached hydrogen (secondary N) is 1. The lowest BCUT2D eigenvalue weighted by Gasteiger charge is -2.26. The molecular formula is C16H15N5O2. The molecule has 0 saturated heterocycles. The lowest BCUT2D eigenvalue weighted by molar-refractivity contribution is 0.218. The first-order chi connectivity index (χ1) is 11.3. The molecule has 0 aliphatic carbocycles. The van der Waals surface area contributed by atoms with Crippen LogP contribution in [0.3, 0.4) is 0 Å². The van der Waals surface area contributed by atoms with E-state index in [9.17, 15) is 4.79 Å². The van der Waals surface area contributed by atoms with Crippen LogP contribution in [0.4, 0.5) is 0 Å². The highest BCUT2D eigenvalue weighted by Gasteiger charge is 2.22. The molecule has 3 aromatic rings. The Morgan fingerprint density at radius 1 is 1.26 bits per heavy atom. The van der Waals surface area contributed by atoms with Gasteiger partial charge in [-0.25, -0.2) is 9.97 Å². The standard InChI is InChI=1S/C16H15N5O2/c22-16-12-9-21(10-14-18-6-8-23-14)7-3-13(12)19-15(20-16)11-1-4-17-5-2-11/h1-2,4-6,8H,3,7,9-10H2,(H,19,20,22). The highest BCUT2D eigenvalue weighted by molar-refractivity contribution is 5.54. The molecule has 0 radical (unpaired) electrons. The molecule has 0 fully saturated rings. The molecular weight excluding hydrogens is 294 g/mol. The van der Waals surface area contributed by atoms with Crippen molar-refractivity contribution in [2.75, 3.05) is 6.54 Å². The molecule has 4 heterocycles. The molecule has 23 heavy (non-hydrogen) atoms. The van der Waals surface area contributed by atoms with Crippen LogP contribution in [-0.2, 0) is 19.5 Å². The van der Waals surface area contributed by atoms with Crippen molar-refractivity contribution >= 4 is 0 Å². The van der Waals surface area contributed by atoms with E-state index in [0.717, 1.165) is 29.8 Å². The second kappa shape index (κ2) is 5.77. The Kier molecular flexibility index (Phi) is 3.47. The quantitative estimate of drug-likeness (QED) is 0.786. The first kappa shape index (κ1) is 13.8. The van der Waals surface area contributed by atoms with E-state index in [1.54, 1.807) is 24.9 Å². The van der Waals surface area contributed by atoms with Gasteiger partial charge in [-0.3, -0.25) is 14.7 Å². The molecule has 1 N–H and O–H groups in total. The number of oxazole rings is 1. The molecule has 0 unspecified atom stereocenters. The maximum absolute atomic E-state index is 12.4. The molecule has 0 spiro atoms. The molecule has 0 saturated carbocycles. The number of rotatable bonds is 3. The van der Waals surface area contributed by atoms with Gasteiger partial charge >= 0.3 is 0 Å². The average molecular weight is 309 g/mol. The van der Waals surface area contributed by atoms with E-state index < -0.39 is 0 Å². The molecule has 7 nitrogen and oxygen atoms in total. The average Bonchev–Trinajstić information content (AvgIpc) is 3.09. The summed E-state index contributed by atoms with van der Waals surface area (Å²) in [6, 6.07) is 3.67. The van der Waals surface area contributed by atoms with Gasteiger partial charge in [0.05, 0.1) is 24.0 Å². The fourth-order valence-corrected chi connectivity index (χ4v) is 2.78. The Morgan fingerprint density at radius 3 is 2.91 bits per heavy atom. The number of H-pyrrole nitrogens is 1. The summed E-state index contributed by atoms with van der Waals surface area (Å²) in [5.41, 5.74) is 2.37. The third-order valence-electron chi connectivity index (χ3n) is 3.94. The smallest absolute Gasteiger partial charge is 0.255 e. The first-order valence-corrected chi connectivity index (χ1v) is 7.43. The van der Waals surface area contributed by atoms with Crippen molar-refractivity contribution in [1.29, 1.82) is 0 Å². The van der Waals surface area contributed by atoms with E-state index >= 15 is 0 Å². The van der Waals surface area contributed by atoms with Crippen LogP contribution in [-0.4, -0.2) is 31.4 Å². The van der Waals surface area contributed by atoms with E-state index in [-0.39, 0.29) is 5.56 Å². The Hall–Kier alpha value is -2.80.